The van der Waals surface area contributed by atoms with Crippen LogP contribution in [0.25, 0.3) is 11.1 Å². The number of aliphatic hydroxyl groups excluding tert-OH is 1. The van der Waals surface area contributed by atoms with Gasteiger partial charge in [0.25, 0.3) is 5.88 Å². The number of amides is 1. The van der Waals surface area contributed by atoms with E-state index in [0.717, 1.165) is 0 Å². The van der Waals surface area contributed by atoms with Crippen molar-refractivity contribution in [3.63, 3.8) is 0 Å². The highest BCUT2D eigenvalue weighted by atomic mass is 35.5. The Bertz CT molecular complexity index is 1350. The van der Waals surface area contributed by atoms with E-state index in [2.05, 4.69) is 10.6 Å². The molecule has 2 atom stereocenters. The summed E-state index contributed by atoms with van der Waals surface area (Å²) in [7, 11) is 1.35. The Morgan fingerprint density at radius 2 is 1.80 bits per heavy atom. The largest absolute Gasteiger partial charge is 0.479 e. The van der Waals surface area contributed by atoms with Gasteiger partial charge in [0.15, 0.2) is 6.10 Å². The molecular weight excluding hydrogens is 563 g/mol. The molecule has 12 nitrogen and oxygen atoms in total. The summed E-state index contributed by atoms with van der Waals surface area (Å²) in [5.41, 5.74) is 9.71. The lowest BCUT2D eigenvalue weighted by atomic mass is 10.0. The Kier molecular flexibility index (Phi) is 11.2. The van der Waals surface area contributed by atoms with Crippen LogP contribution in [0, 0.1) is 11.7 Å². The molecule has 1 heterocycles. The van der Waals surface area contributed by atoms with Crippen LogP contribution in [-0.2, 0) is 25.6 Å². The van der Waals surface area contributed by atoms with Crippen molar-refractivity contribution in [3.05, 3.63) is 70.7 Å². The zero-order valence-corrected chi connectivity index (χ0v) is 23.3. The first-order valence-electron chi connectivity index (χ1n) is 12.4. The second kappa shape index (κ2) is 14.6. The minimum atomic E-state index is -1.75. The van der Waals surface area contributed by atoms with E-state index in [1.165, 1.54) is 36.4 Å². The molecule has 0 fully saturated rings. The normalized spacial score (nSPS) is 12.6. The van der Waals surface area contributed by atoms with Crippen LogP contribution in [0.4, 0.5) is 4.39 Å². The molecule has 0 aliphatic heterocycles. The minimum absolute atomic E-state index is 0.00210. The summed E-state index contributed by atoms with van der Waals surface area (Å²) >= 11 is 6.00. The van der Waals surface area contributed by atoms with Crippen LogP contribution >= 0.6 is 11.6 Å². The van der Waals surface area contributed by atoms with Gasteiger partial charge in [0.2, 0.25) is 12.6 Å². The van der Waals surface area contributed by atoms with Crippen molar-refractivity contribution in [3.8, 4) is 17.0 Å². The number of benzene rings is 2. The summed E-state index contributed by atoms with van der Waals surface area (Å²) in [6.07, 6.45) is -1.75. The van der Waals surface area contributed by atoms with Gasteiger partial charge in [0.1, 0.15) is 11.9 Å². The van der Waals surface area contributed by atoms with Crippen LogP contribution in [-0.4, -0.2) is 65.7 Å². The number of esters is 2. The molecule has 0 saturated heterocycles. The van der Waals surface area contributed by atoms with Crippen molar-refractivity contribution >= 4 is 29.4 Å². The van der Waals surface area contributed by atoms with Gasteiger partial charge in [0.05, 0.1) is 19.7 Å². The molecule has 1 aromatic heterocycles. The van der Waals surface area contributed by atoms with Gasteiger partial charge in [-0.3, -0.25) is 15.0 Å². The van der Waals surface area contributed by atoms with Crippen molar-refractivity contribution in [2.75, 3.05) is 20.4 Å². The van der Waals surface area contributed by atoms with Gasteiger partial charge >= 0.3 is 17.8 Å². The number of hydrazine groups is 1. The van der Waals surface area contributed by atoms with Gasteiger partial charge in [0, 0.05) is 17.1 Å². The zero-order valence-electron chi connectivity index (χ0n) is 22.5. The van der Waals surface area contributed by atoms with E-state index in [-0.39, 0.29) is 24.1 Å². The monoisotopic (exact) mass is 592 g/mol. The SMILES string of the molecule is COc1cc(C(=O)NN(Cc2ccc(-c3cc(Cl)ccc3F)cc2)C[C@@H](O)C(=O)OCOC(=O)[C@@H](N)C(C)C)on1. The van der Waals surface area contributed by atoms with Crippen molar-refractivity contribution in [2.24, 2.45) is 11.7 Å². The number of nitrogens with zero attached hydrogens (tertiary/aromatic N) is 2. The number of halogens is 2. The number of carbonyl (C=O) groups excluding carboxylic acids is 3. The van der Waals surface area contributed by atoms with Crippen LogP contribution in [0.2, 0.25) is 5.02 Å². The lowest BCUT2D eigenvalue weighted by molar-refractivity contribution is -0.175. The minimum Gasteiger partial charge on any atom is -0.479 e. The van der Waals surface area contributed by atoms with E-state index in [9.17, 15) is 23.9 Å². The quantitative estimate of drug-likeness (QED) is 0.152. The first-order valence-corrected chi connectivity index (χ1v) is 12.7. The molecule has 41 heavy (non-hydrogen) atoms. The molecule has 3 aromatic rings. The number of rotatable bonds is 13. The van der Waals surface area contributed by atoms with E-state index in [0.29, 0.717) is 21.7 Å². The van der Waals surface area contributed by atoms with Crippen molar-refractivity contribution in [1.82, 2.24) is 15.6 Å². The molecule has 4 N–H and O–H groups in total. The highest BCUT2D eigenvalue weighted by Gasteiger charge is 2.25. The van der Waals surface area contributed by atoms with Gasteiger partial charge in [-0.25, -0.2) is 14.2 Å². The highest BCUT2D eigenvalue weighted by Crippen LogP contribution is 2.26. The Balaban J connectivity index is 1.70. The van der Waals surface area contributed by atoms with Gasteiger partial charge in [-0.2, -0.15) is 0 Å². The number of carbonyl (C=O) groups is 3. The molecule has 0 saturated carbocycles. The van der Waals surface area contributed by atoms with E-state index in [4.69, 9.17) is 36.1 Å². The number of methoxy groups -OCH3 is 1. The third-order valence-corrected chi connectivity index (χ3v) is 6.04. The fourth-order valence-electron chi connectivity index (χ4n) is 3.43. The molecule has 0 bridgehead atoms. The summed E-state index contributed by atoms with van der Waals surface area (Å²) in [4.78, 5) is 36.9. The molecule has 0 spiro atoms. The van der Waals surface area contributed by atoms with Crippen LogP contribution in [0.15, 0.2) is 53.1 Å². The fraction of sp³-hybridized carbons (Fsp3) is 0.333. The fourth-order valence-corrected chi connectivity index (χ4v) is 3.61. The number of nitrogens with two attached hydrogens (primary N) is 1. The van der Waals surface area contributed by atoms with Crippen LogP contribution < -0.4 is 15.9 Å². The molecule has 3 rings (SSSR count). The number of aliphatic hydroxyl groups is 1. The third-order valence-electron chi connectivity index (χ3n) is 5.81. The summed E-state index contributed by atoms with van der Waals surface area (Å²) in [5, 5.41) is 15.6. The predicted octanol–water partition coefficient (Wildman–Crippen LogP) is 2.68. The summed E-state index contributed by atoms with van der Waals surface area (Å²) in [6.45, 7) is 2.27. The average molecular weight is 593 g/mol. The lowest BCUT2D eigenvalue weighted by Gasteiger charge is -2.24. The molecule has 0 aliphatic carbocycles. The lowest BCUT2D eigenvalue weighted by Crippen LogP contribution is -2.47. The maximum absolute atomic E-state index is 14.3. The Morgan fingerprint density at radius 3 is 2.44 bits per heavy atom. The third kappa shape index (κ3) is 8.98. The summed E-state index contributed by atoms with van der Waals surface area (Å²) in [6, 6.07) is 11.2. The van der Waals surface area contributed by atoms with Gasteiger partial charge < -0.3 is 29.6 Å². The van der Waals surface area contributed by atoms with Crippen molar-refractivity contribution in [2.45, 2.75) is 32.5 Å². The second-order valence-corrected chi connectivity index (χ2v) is 9.64. The molecule has 220 valence electrons. The molecule has 2 aromatic carbocycles. The highest BCUT2D eigenvalue weighted by molar-refractivity contribution is 6.30. The Morgan fingerprint density at radius 1 is 1.12 bits per heavy atom. The number of aromatic nitrogens is 1. The first kappa shape index (κ1) is 31.5. The Hall–Kier alpha value is -4.04. The zero-order chi connectivity index (χ0) is 30.1. The summed E-state index contributed by atoms with van der Waals surface area (Å²) < 4.78 is 33.8. The van der Waals surface area contributed by atoms with Crippen LogP contribution in [0.3, 0.4) is 0 Å². The van der Waals surface area contributed by atoms with Crippen LogP contribution in [0.5, 0.6) is 5.88 Å². The smallest absolute Gasteiger partial charge is 0.339 e. The first-order chi connectivity index (χ1) is 19.5. The van der Waals surface area contributed by atoms with E-state index in [1.54, 1.807) is 38.1 Å². The molecule has 0 aliphatic rings. The molecule has 1 amide bonds. The van der Waals surface area contributed by atoms with E-state index >= 15 is 0 Å². The Labute approximate surface area is 240 Å². The van der Waals surface area contributed by atoms with Crippen LogP contribution in [0.1, 0.15) is 30.0 Å². The van der Waals surface area contributed by atoms with Gasteiger partial charge in [-0.05, 0) is 40.4 Å². The van der Waals surface area contributed by atoms with Gasteiger partial charge in [-0.1, -0.05) is 49.7 Å². The average Bonchev–Trinajstić information content (AvgIpc) is 3.44. The maximum atomic E-state index is 14.3. The molecular formula is C27H30ClFN4O8. The molecule has 0 radical (unpaired) electrons. The number of ether oxygens (including phenoxy) is 3. The number of nitrogens with one attached hydrogen (secondary N) is 1. The van der Waals surface area contributed by atoms with Crippen molar-refractivity contribution in [1.29, 1.82) is 0 Å². The van der Waals surface area contributed by atoms with Crippen molar-refractivity contribution < 1.29 is 42.6 Å². The van der Waals surface area contributed by atoms with Gasteiger partial charge in [-0.15, -0.1) is 0 Å². The number of hydrogen-bond acceptors (Lipinski definition) is 11. The standard InChI is InChI=1S/C27H30ClFN4O8/c1-15(2)24(30)27(37)40-14-39-26(36)21(34)13-33(31-25(35)22-11-23(38-3)32-41-22)12-16-4-6-17(7-5-16)19-10-18(28)8-9-20(19)29/h4-11,15,21,24,34H,12-14,30H2,1-3H3,(H,31,35)/t21-,24+/m1/s1. The number of hydrogen-bond donors (Lipinski definition) is 3. The van der Waals surface area contributed by atoms with E-state index < -0.39 is 49.1 Å². The van der Waals surface area contributed by atoms with E-state index in [1.807, 2.05) is 0 Å². The second-order valence-electron chi connectivity index (χ2n) is 9.21. The molecule has 14 heteroatoms. The predicted molar refractivity (Wildman–Crippen MR) is 144 cm³/mol. The maximum Gasteiger partial charge on any atom is 0.339 e. The topological polar surface area (TPSA) is 166 Å². The summed E-state index contributed by atoms with van der Waals surface area (Å²) in [5.74, 6) is -3.37. The molecule has 0 unspecified atom stereocenters.